The van der Waals surface area contributed by atoms with E-state index in [0.717, 1.165) is 11.1 Å². The molecule has 0 aliphatic heterocycles. The predicted octanol–water partition coefficient (Wildman–Crippen LogP) is 3.67. The predicted molar refractivity (Wildman–Crippen MR) is 71.1 cm³/mol. The summed E-state index contributed by atoms with van der Waals surface area (Å²) in [5, 5.41) is 0. The maximum atomic E-state index is 12.9. The van der Waals surface area contributed by atoms with Crippen molar-refractivity contribution in [3.63, 3.8) is 0 Å². The second-order valence-electron chi connectivity index (χ2n) is 4.34. The topological polar surface area (TPSA) is 26.3 Å². The molecule has 0 amide bonds. The van der Waals surface area contributed by atoms with E-state index in [0.29, 0.717) is 6.42 Å². The van der Waals surface area contributed by atoms with Gasteiger partial charge < -0.3 is 4.74 Å². The van der Waals surface area contributed by atoms with E-state index in [9.17, 15) is 9.18 Å². The Morgan fingerprint density at radius 3 is 2.32 bits per heavy atom. The maximum absolute atomic E-state index is 12.9. The molecule has 0 N–H and O–H groups in total. The highest BCUT2D eigenvalue weighted by atomic mass is 19.1. The number of carbonyl (C=O) groups excluding carboxylic acids is 1. The first-order valence-corrected chi connectivity index (χ1v) is 6.12. The smallest absolute Gasteiger partial charge is 0.303 e. The van der Waals surface area contributed by atoms with Crippen LogP contribution in [0, 0.1) is 5.82 Å². The fraction of sp³-hybridized carbons (Fsp3) is 0.188. The highest BCUT2D eigenvalue weighted by molar-refractivity contribution is 5.66. The number of rotatable bonds is 4. The van der Waals surface area contributed by atoms with Gasteiger partial charge >= 0.3 is 5.97 Å². The summed E-state index contributed by atoms with van der Waals surface area (Å²) < 4.78 is 18.3. The molecule has 0 radical (unpaired) electrons. The van der Waals surface area contributed by atoms with Crippen molar-refractivity contribution in [1.29, 1.82) is 0 Å². The minimum absolute atomic E-state index is 0.301. The third-order valence-electron chi connectivity index (χ3n) is 2.81. The van der Waals surface area contributed by atoms with Crippen molar-refractivity contribution >= 4 is 5.97 Å². The molecule has 0 bridgehead atoms. The molecule has 0 aromatic heterocycles. The van der Waals surface area contributed by atoms with Gasteiger partial charge in [-0.15, -0.1) is 0 Å². The van der Waals surface area contributed by atoms with E-state index in [1.165, 1.54) is 19.1 Å². The van der Waals surface area contributed by atoms with E-state index >= 15 is 0 Å². The van der Waals surface area contributed by atoms with E-state index in [1.807, 2.05) is 30.3 Å². The Kier molecular flexibility index (Phi) is 4.29. The lowest BCUT2D eigenvalue weighted by Gasteiger charge is -2.17. The average molecular weight is 258 g/mol. The summed E-state index contributed by atoms with van der Waals surface area (Å²) in [6.07, 6.45) is 0.187. The molecular formula is C16H15FO2. The van der Waals surface area contributed by atoms with Gasteiger partial charge in [-0.1, -0.05) is 42.5 Å². The highest BCUT2D eigenvalue weighted by Crippen LogP contribution is 2.22. The molecular weight excluding hydrogens is 243 g/mol. The number of ether oxygens (including phenoxy) is 1. The number of benzene rings is 2. The quantitative estimate of drug-likeness (QED) is 0.782. The number of hydrogen-bond acceptors (Lipinski definition) is 2. The zero-order valence-corrected chi connectivity index (χ0v) is 10.7. The molecule has 0 aliphatic carbocycles. The third kappa shape index (κ3) is 3.91. The van der Waals surface area contributed by atoms with Crippen LogP contribution in [0.2, 0.25) is 0 Å². The summed E-state index contributed by atoms with van der Waals surface area (Å²) in [6.45, 7) is 1.38. The Balaban J connectivity index is 2.20. The lowest BCUT2D eigenvalue weighted by molar-refractivity contribution is -0.146. The van der Waals surface area contributed by atoms with Crippen molar-refractivity contribution in [3.8, 4) is 0 Å². The SMILES string of the molecule is CC(=O)O[C@H](Cc1ccccc1)c1ccc(F)cc1. The maximum Gasteiger partial charge on any atom is 0.303 e. The largest absolute Gasteiger partial charge is 0.457 e. The average Bonchev–Trinajstić information content (AvgIpc) is 2.39. The molecule has 0 aliphatic rings. The second kappa shape index (κ2) is 6.14. The summed E-state index contributed by atoms with van der Waals surface area (Å²) in [7, 11) is 0. The molecule has 3 heteroatoms. The van der Waals surface area contributed by atoms with E-state index in [-0.39, 0.29) is 17.9 Å². The Labute approximate surface area is 111 Å². The van der Waals surface area contributed by atoms with Gasteiger partial charge in [0.05, 0.1) is 0 Å². The van der Waals surface area contributed by atoms with Gasteiger partial charge in [-0.25, -0.2) is 4.39 Å². The van der Waals surface area contributed by atoms with Crippen LogP contribution in [-0.2, 0) is 16.0 Å². The normalized spacial score (nSPS) is 11.9. The van der Waals surface area contributed by atoms with Crippen LogP contribution in [0.4, 0.5) is 4.39 Å². The van der Waals surface area contributed by atoms with Crippen molar-refractivity contribution in [1.82, 2.24) is 0 Å². The number of halogens is 1. The Hall–Kier alpha value is -2.16. The van der Waals surface area contributed by atoms with Gasteiger partial charge in [0.1, 0.15) is 11.9 Å². The van der Waals surface area contributed by atoms with Gasteiger partial charge in [0.2, 0.25) is 0 Å². The molecule has 0 heterocycles. The van der Waals surface area contributed by atoms with Gasteiger partial charge in [0.25, 0.3) is 0 Å². The van der Waals surface area contributed by atoms with Gasteiger partial charge in [0, 0.05) is 13.3 Å². The minimum atomic E-state index is -0.388. The molecule has 2 nitrogen and oxygen atoms in total. The van der Waals surface area contributed by atoms with Crippen molar-refractivity contribution in [2.75, 3.05) is 0 Å². The van der Waals surface area contributed by atoms with E-state index in [1.54, 1.807) is 12.1 Å². The van der Waals surface area contributed by atoms with Crippen LogP contribution in [0.15, 0.2) is 54.6 Å². The number of hydrogen-bond donors (Lipinski definition) is 0. The monoisotopic (exact) mass is 258 g/mol. The molecule has 98 valence electrons. The zero-order valence-electron chi connectivity index (χ0n) is 10.7. The summed E-state index contributed by atoms with van der Waals surface area (Å²) in [6, 6.07) is 15.8. The van der Waals surface area contributed by atoms with Crippen LogP contribution in [0.5, 0.6) is 0 Å². The van der Waals surface area contributed by atoms with Crippen molar-refractivity contribution in [2.24, 2.45) is 0 Å². The van der Waals surface area contributed by atoms with E-state index in [2.05, 4.69) is 0 Å². The number of carbonyl (C=O) groups is 1. The van der Waals surface area contributed by atoms with Crippen molar-refractivity contribution < 1.29 is 13.9 Å². The molecule has 0 fully saturated rings. The summed E-state index contributed by atoms with van der Waals surface area (Å²) in [5.41, 5.74) is 1.86. The lowest BCUT2D eigenvalue weighted by Crippen LogP contribution is -2.11. The third-order valence-corrected chi connectivity index (χ3v) is 2.81. The standard InChI is InChI=1S/C16H15FO2/c1-12(18)19-16(11-13-5-3-2-4-6-13)14-7-9-15(17)10-8-14/h2-10,16H,11H2,1H3/t16-/m1/s1. The lowest BCUT2D eigenvalue weighted by atomic mass is 10.0. The van der Waals surface area contributed by atoms with Gasteiger partial charge in [-0.2, -0.15) is 0 Å². The molecule has 19 heavy (non-hydrogen) atoms. The summed E-state index contributed by atoms with van der Waals surface area (Å²) >= 11 is 0. The second-order valence-corrected chi connectivity index (χ2v) is 4.34. The molecule has 0 spiro atoms. The van der Waals surface area contributed by atoms with Gasteiger partial charge in [-0.05, 0) is 23.3 Å². The molecule has 2 rings (SSSR count). The molecule has 1 atom stereocenters. The van der Waals surface area contributed by atoms with Crippen molar-refractivity contribution in [3.05, 3.63) is 71.5 Å². The first kappa shape index (κ1) is 13.3. The van der Waals surface area contributed by atoms with Crippen LogP contribution in [0.3, 0.4) is 0 Å². The van der Waals surface area contributed by atoms with Crippen molar-refractivity contribution in [2.45, 2.75) is 19.4 Å². The fourth-order valence-electron chi connectivity index (χ4n) is 1.93. The van der Waals surface area contributed by atoms with Gasteiger partial charge in [0.15, 0.2) is 0 Å². The zero-order chi connectivity index (χ0) is 13.7. The summed E-state index contributed by atoms with van der Waals surface area (Å²) in [4.78, 5) is 11.2. The summed E-state index contributed by atoms with van der Waals surface area (Å²) in [5.74, 6) is -0.643. The molecule has 0 saturated carbocycles. The van der Waals surface area contributed by atoms with Crippen LogP contribution < -0.4 is 0 Å². The van der Waals surface area contributed by atoms with Crippen LogP contribution in [0.1, 0.15) is 24.2 Å². The molecule has 2 aromatic rings. The first-order chi connectivity index (χ1) is 9.15. The highest BCUT2D eigenvalue weighted by Gasteiger charge is 2.15. The molecule has 2 aromatic carbocycles. The first-order valence-electron chi connectivity index (χ1n) is 6.12. The number of esters is 1. The van der Waals surface area contributed by atoms with Crippen LogP contribution in [0.25, 0.3) is 0 Å². The van der Waals surface area contributed by atoms with Crippen LogP contribution >= 0.6 is 0 Å². The van der Waals surface area contributed by atoms with E-state index in [4.69, 9.17) is 4.74 Å². The minimum Gasteiger partial charge on any atom is -0.457 e. The Morgan fingerprint density at radius 2 is 1.74 bits per heavy atom. The Bertz CT molecular complexity index is 534. The molecule has 0 saturated heterocycles. The van der Waals surface area contributed by atoms with E-state index < -0.39 is 0 Å². The fourth-order valence-corrected chi connectivity index (χ4v) is 1.93. The van der Waals surface area contributed by atoms with Crippen LogP contribution in [-0.4, -0.2) is 5.97 Å². The Morgan fingerprint density at radius 1 is 1.11 bits per heavy atom. The van der Waals surface area contributed by atoms with Gasteiger partial charge in [-0.3, -0.25) is 4.79 Å². The molecule has 0 unspecified atom stereocenters.